The Hall–Kier alpha value is -3.14. The monoisotopic (exact) mass is 506 g/mol. The van der Waals surface area contributed by atoms with E-state index in [1.54, 1.807) is 41.1 Å². The first kappa shape index (κ1) is 24.0. The molecule has 34 heavy (non-hydrogen) atoms. The molecule has 0 fully saturated rings. The van der Waals surface area contributed by atoms with Gasteiger partial charge in [0.25, 0.3) is 0 Å². The van der Waals surface area contributed by atoms with Gasteiger partial charge in [0.15, 0.2) is 11.9 Å². The smallest absolute Gasteiger partial charge is 0.418 e. The Morgan fingerprint density at radius 3 is 2.38 bits per heavy atom. The molecule has 4 aromatic rings. The second kappa shape index (κ2) is 10.0. The van der Waals surface area contributed by atoms with Crippen LogP contribution in [0.25, 0.3) is 10.7 Å². The van der Waals surface area contributed by atoms with Crippen molar-refractivity contribution in [2.24, 2.45) is 0 Å². The number of nitrogens with zero attached hydrogens (tertiary/aromatic N) is 2. The Balaban J connectivity index is 1.60. The molecule has 0 saturated heterocycles. The summed E-state index contributed by atoms with van der Waals surface area (Å²) in [5, 5.41) is 9.09. The number of imidazole rings is 1. The fraction of sp³-hybridized carbons (Fsp3) is 0.167. The summed E-state index contributed by atoms with van der Waals surface area (Å²) >= 11 is 7.37. The number of alkyl halides is 3. The Kier molecular flexibility index (Phi) is 7.06. The largest absolute Gasteiger partial charge is 0.478 e. The van der Waals surface area contributed by atoms with E-state index in [0.717, 1.165) is 10.4 Å². The van der Waals surface area contributed by atoms with Crippen molar-refractivity contribution in [3.8, 4) is 10.7 Å². The molecule has 1 unspecified atom stereocenters. The summed E-state index contributed by atoms with van der Waals surface area (Å²) in [6.45, 7) is -0.0186. The Labute approximate surface area is 202 Å². The third kappa shape index (κ3) is 5.67. The van der Waals surface area contributed by atoms with Crippen molar-refractivity contribution >= 4 is 28.9 Å². The highest BCUT2D eigenvalue weighted by molar-refractivity contribution is 7.19. The van der Waals surface area contributed by atoms with Gasteiger partial charge in [-0.25, -0.2) is 9.78 Å². The van der Waals surface area contributed by atoms with Gasteiger partial charge in [0.1, 0.15) is 0 Å². The van der Waals surface area contributed by atoms with Crippen molar-refractivity contribution in [2.75, 3.05) is 0 Å². The minimum absolute atomic E-state index is 0.0122. The van der Waals surface area contributed by atoms with Crippen LogP contribution in [0.4, 0.5) is 13.2 Å². The van der Waals surface area contributed by atoms with Crippen LogP contribution in [0, 0.1) is 0 Å². The van der Waals surface area contributed by atoms with Gasteiger partial charge in [0.05, 0.1) is 27.1 Å². The Morgan fingerprint density at radius 1 is 1.09 bits per heavy atom. The van der Waals surface area contributed by atoms with Gasteiger partial charge in [-0.15, -0.1) is 11.3 Å². The number of carboxylic acid groups (broad SMARTS) is 1. The van der Waals surface area contributed by atoms with Crippen molar-refractivity contribution in [3.05, 3.63) is 99.6 Å². The predicted octanol–water partition coefficient (Wildman–Crippen LogP) is 6.83. The number of carbonyl (C=O) groups is 1. The van der Waals surface area contributed by atoms with Gasteiger partial charge < -0.3 is 14.4 Å². The molecule has 0 radical (unpaired) electrons. The van der Waals surface area contributed by atoms with E-state index in [1.807, 2.05) is 0 Å². The topological polar surface area (TPSA) is 64.3 Å². The zero-order valence-corrected chi connectivity index (χ0v) is 19.1. The molecule has 5 nitrogen and oxygen atoms in total. The SMILES string of the molecule is O=C(O)c1ccc(Cn2cc(COC(c3ccccc3)C(F)(F)F)nc2-c2ccc(Cl)s2)cc1. The van der Waals surface area contributed by atoms with Crippen molar-refractivity contribution < 1.29 is 27.8 Å². The highest BCUT2D eigenvalue weighted by atomic mass is 35.5. The lowest BCUT2D eigenvalue weighted by Gasteiger charge is -2.20. The van der Waals surface area contributed by atoms with Crippen LogP contribution in [0.3, 0.4) is 0 Å². The first-order valence-corrected chi connectivity index (χ1v) is 11.3. The molecule has 0 bridgehead atoms. The van der Waals surface area contributed by atoms with Crippen LogP contribution < -0.4 is 0 Å². The van der Waals surface area contributed by atoms with Gasteiger partial charge >= 0.3 is 12.1 Å². The Morgan fingerprint density at radius 2 is 1.79 bits per heavy atom. The molecule has 2 heterocycles. The number of rotatable bonds is 8. The molecule has 176 valence electrons. The standard InChI is InChI=1S/C24H18ClF3N2O3S/c25-20-11-10-19(34-20)22-29-18(13-30(22)12-15-6-8-17(9-7-15)23(31)32)14-33-21(24(26,27)28)16-4-2-1-3-5-16/h1-11,13,21H,12,14H2,(H,31,32). The van der Waals surface area contributed by atoms with Crippen LogP contribution in [0.2, 0.25) is 4.34 Å². The molecule has 0 aliphatic heterocycles. The number of carboxylic acids is 1. The number of hydrogen-bond donors (Lipinski definition) is 1. The van der Waals surface area contributed by atoms with Crippen molar-refractivity contribution in [2.45, 2.75) is 25.4 Å². The van der Waals surface area contributed by atoms with E-state index in [0.29, 0.717) is 22.4 Å². The van der Waals surface area contributed by atoms with Gasteiger partial charge in [-0.2, -0.15) is 13.2 Å². The second-order valence-corrected chi connectivity index (χ2v) is 9.15. The summed E-state index contributed by atoms with van der Waals surface area (Å²) in [7, 11) is 0. The molecule has 10 heteroatoms. The van der Waals surface area contributed by atoms with Crippen LogP contribution in [0.5, 0.6) is 0 Å². The average Bonchev–Trinajstić information content (AvgIpc) is 3.40. The second-order valence-electron chi connectivity index (χ2n) is 7.43. The van der Waals surface area contributed by atoms with Gasteiger partial charge in [-0.1, -0.05) is 54.1 Å². The van der Waals surface area contributed by atoms with Crippen LogP contribution in [-0.2, 0) is 17.9 Å². The average molecular weight is 507 g/mol. The van der Waals surface area contributed by atoms with Crippen LogP contribution >= 0.6 is 22.9 Å². The summed E-state index contributed by atoms with van der Waals surface area (Å²) in [5.74, 6) is -0.499. The number of aromatic carboxylic acids is 1. The fourth-order valence-corrected chi connectivity index (χ4v) is 4.47. The summed E-state index contributed by atoms with van der Waals surface area (Å²) in [5.41, 5.74) is 1.30. The maximum atomic E-state index is 13.6. The van der Waals surface area contributed by atoms with E-state index in [9.17, 15) is 18.0 Å². The lowest BCUT2D eigenvalue weighted by Crippen LogP contribution is -2.23. The van der Waals surface area contributed by atoms with E-state index in [2.05, 4.69) is 4.98 Å². The van der Waals surface area contributed by atoms with E-state index >= 15 is 0 Å². The molecule has 0 saturated carbocycles. The third-order valence-corrected chi connectivity index (χ3v) is 6.20. The van der Waals surface area contributed by atoms with Crippen molar-refractivity contribution in [1.82, 2.24) is 9.55 Å². The predicted molar refractivity (Wildman–Crippen MR) is 123 cm³/mol. The number of thiophene rings is 1. The minimum Gasteiger partial charge on any atom is -0.478 e. The third-order valence-electron chi connectivity index (χ3n) is 4.97. The molecule has 2 aromatic heterocycles. The van der Waals surface area contributed by atoms with Gasteiger partial charge in [-0.3, -0.25) is 0 Å². The summed E-state index contributed by atoms with van der Waals surface area (Å²) in [4.78, 5) is 16.4. The van der Waals surface area contributed by atoms with E-state index in [-0.39, 0.29) is 17.7 Å². The highest BCUT2D eigenvalue weighted by Gasteiger charge is 2.42. The molecule has 4 rings (SSSR count). The number of aromatic nitrogens is 2. The van der Waals surface area contributed by atoms with Crippen LogP contribution in [0.15, 0.2) is 72.9 Å². The molecule has 2 aromatic carbocycles. The summed E-state index contributed by atoms with van der Waals surface area (Å²) in [6.07, 6.45) is -5.03. The quantitative estimate of drug-likeness (QED) is 0.284. The number of halogens is 4. The van der Waals surface area contributed by atoms with Gasteiger partial charge in [0, 0.05) is 12.7 Å². The first-order chi connectivity index (χ1) is 16.2. The summed E-state index contributed by atoms with van der Waals surface area (Å²) in [6, 6.07) is 17.3. The van der Waals surface area contributed by atoms with Crippen molar-refractivity contribution in [3.63, 3.8) is 0 Å². The number of ether oxygens (including phenoxy) is 1. The molecular weight excluding hydrogens is 489 g/mol. The molecule has 1 atom stereocenters. The lowest BCUT2D eigenvalue weighted by molar-refractivity contribution is -0.227. The lowest BCUT2D eigenvalue weighted by atomic mass is 10.1. The van der Waals surface area contributed by atoms with Crippen LogP contribution in [0.1, 0.15) is 33.3 Å². The molecule has 0 amide bonds. The zero-order valence-electron chi connectivity index (χ0n) is 17.5. The molecule has 0 spiro atoms. The fourth-order valence-electron chi connectivity index (χ4n) is 3.42. The van der Waals surface area contributed by atoms with Gasteiger partial charge in [0.2, 0.25) is 0 Å². The molecule has 1 N–H and O–H groups in total. The molecular formula is C24H18ClF3N2O3S. The zero-order chi connectivity index (χ0) is 24.3. The van der Waals surface area contributed by atoms with E-state index in [1.165, 1.54) is 47.7 Å². The van der Waals surface area contributed by atoms with Crippen molar-refractivity contribution in [1.29, 1.82) is 0 Å². The maximum absolute atomic E-state index is 13.6. The molecule has 0 aliphatic carbocycles. The first-order valence-electron chi connectivity index (χ1n) is 10.1. The summed E-state index contributed by atoms with van der Waals surface area (Å²) < 4.78 is 48.5. The number of hydrogen-bond acceptors (Lipinski definition) is 4. The minimum atomic E-state index is -4.58. The Bertz CT molecular complexity index is 1270. The van der Waals surface area contributed by atoms with Crippen LogP contribution in [-0.4, -0.2) is 26.8 Å². The number of benzene rings is 2. The van der Waals surface area contributed by atoms with Gasteiger partial charge in [-0.05, 0) is 35.4 Å². The maximum Gasteiger partial charge on any atom is 0.418 e. The van der Waals surface area contributed by atoms with E-state index < -0.39 is 18.2 Å². The molecule has 0 aliphatic rings. The normalized spacial score (nSPS) is 12.6. The highest BCUT2D eigenvalue weighted by Crippen LogP contribution is 2.37. The van der Waals surface area contributed by atoms with E-state index in [4.69, 9.17) is 21.4 Å².